The molecule has 2 bridgehead atoms. The predicted molar refractivity (Wildman–Crippen MR) is 132 cm³/mol. The molecule has 188 valence electrons. The fourth-order valence-corrected chi connectivity index (χ4v) is 9.19. The molecule has 7 nitrogen and oxygen atoms in total. The SMILES string of the molecule is C=CCCOC(=O)[C@@H]1[C@H]2C(=O)N(CCO)C(C(=O)N(CC=C)C3CCCCC3)C23CC[C@@]1(C)S3. The lowest BCUT2D eigenvalue weighted by Gasteiger charge is -2.41. The number of fused-ring (bicyclic) bond motifs is 1. The molecular formula is C26H38N2O5S. The van der Waals surface area contributed by atoms with E-state index >= 15 is 0 Å². The van der Waals surface area contributed by atoms with E-state index in [-0.39, 0.29) is 43.6 Å². The minimum atomic E-state index is -0.683. The lowest BCUT2D eigenvalue weighted by molar-refractivity contribution is -0.155. The maximum Gasteiger partial charge on any atom is 0.311 e. The molecule has 2 amide bonds. The summed E-state index contributed by atoms with van der Waals surface area (Å²) in [6.07, 6.45) is 10.8. The van der Waals surface area contributed by atoms with Crippen LogP contribution in [0, 0.1) is 11.8 Å². The Labute approximate surface area is 206 Å². The third-order valence-electron chi connectivity index (χ3n) is 8.30. The summed E-state index contributed by atoms with van der Waals surface area (Å²) < 4.78 is 4.44. The summed E-state index contributed by atoms with van der Waals surface area (Å²) in [5.41, 5.74) is 0. The van der Waals surface area contributed by atoms with Crippen LogP contribution in [-0.4, -0.2) is 80.6 Å². The first-order valence-corrected chi connectivity index (χ1v) is 13.5. The number of esters is 1. The molecule has 1 spiro atoms. The molecule has 8 heteroatoms. The Hall–Kier alpha value is -1.80. The maximum atomic E-state index is 14.2. The summed E-state index contributed by atoms with van der Waals surface area (Å²) in [5.74, 6) is -1.82. The van der Waals surface area contributed by atoms with Crippen molar-refractivity contribution < 1.29 is 24.2 Å². The van der Waals surface area contributed by atoms with Crippen molar-refractivity contribution >= 4 is 29.5 Å². The molecule has 1 N–H and O–H groups in total. The Morgan fingerprint density at radius 2 is 1.97 bits per heavy atom. The summed E-state index contributed by atoms with van der Waals surface area (Å²) in [6, 6.07) is -0.545. The minimum absolute atomic E-state index is 0.0616. The third-order valence-corrected chi connectivity index (χ3v) is 10.3. The molecule has 3 heterocycles. The Morgan fingerprint density at radius 3 is 2.62 bits per heavy atom. The van der Waals surface area contributed by atoms with Gasteiger partial charge in [0.15, 0.2) is 0 Å². The van der Waals surface area contributed by atoms with Crippen molar-refractivity contribution in [1.29, 1.82) is 0 Å². The molecule has 0 aromatic rings. The summed E-state index contributed by atoms with van der Waals surface area (Å²) in [6.45, 7) is 10.1. The lowest BCUT2D eigenvalue weighted by Crippen LogP contribution is -2.57. The fourth-order valence-electron chi connectivity index (χ4n) is 6.85. The topological polar surface area (TPSA) is 87.1 Å². The van der Waals surface area contributed by atoms with E-state index in [0.717, 1.165) is 32.1 Å². The van der Waals surface area contributed by atoms with E-state index in [1.54, 1.807) is 28.8 Å². The third kappa shape index (κ3) is 4.00. The summed E-state index contributed by atoms with van der Waals surface area (Å²) in [5, 5.41) is 9.79. The van der Waals surface area contributed by atoms with E-state index in [2.05, 4.69) is 13.2 Å². The van der Waals surface area contributed by atoms with Crippen LogP contribution in [0.25, 0.3) is 0 Å². The highest BCUT2D eigenvalue weighted by Gasteiger charge is 2.77. The van der Waals surface area contributed by atoms with Gasteiger partial charge in [0.1, 0.15) is 6.04 Å². The number of nitrogens with zero attached hydrogens (tertiary/aromatic N) is 2. The standard InChI is InChI=1S/C26H38N2O5S/c1-4-6-17-33-24(32)20-19-22(30)28(15-16-29)21(26(19)13-12-25(20,3)34-26)23(31)27(14-5-2)18-10-8-7-9-11-18/h4-5,18-21,29H,1-2,6-17H2,3H3/t19-,20-,21?,25+,26?/m0/s1. The second-order valence-electron chi connectivity index (χ2n) is 10.3. The van der Waals surface area contributed by atoms with E-state index < -0.39 is 27.4 Å². The smallest absolute Gasteiger partial charge is 0.311 e. The first-order chi connectivity index (χ1) is 16.3. The van der Waals surface area contributed by atoms with Gasteiger partial charge in [-0.2, -0.15) is 0 Å². The quantitative estimate of drug-likeness (QED) is 0.288. The largest absolute Gasteiger partial charge is 0.465 e. The first kappa shape index (κ1) is 25.3. The number of β-amino-alcohol motifs (C(OH)–C–C–N with tert-alkyl or cyclic N) is 1. The molecule has 2 unspecified atom stereocenters. The number of thioether (sulfide) groups is 1. The molecule has 3 saturated heterocycles. The van der Waals surface area contributed by atoms with Gasteiger partial charge in [-0.25, -0.2) is 0 Å². The van der Waals surface area contributed by atoms with Gasteiger partial charge >= 0.3 is 5.97 Å². The van der Waals surface area contributed by atoms with Crippen LogP contribution in [0.5, 0.6) is 0 Å². The number of carbonyl (C=O) groups excluding carboxylic acids is 3. The van der Waals surface area contributed by atoms with Crippen LogP contribution < -0.4 is 0 Å². The van der Waals surface area contributed by atoms with E-state index in [9.17, 15) is 19.5 Å². The van der Waals surface area contributed by atoms with Gasteiger partial charge in [0.2, 0.25) is 11.8 Å². The van der Waals surface area contributed by atoms with Gasteiger partial charge in [-0.3, -0.25) is 14.4 Å². The van der Waals surface area contributed by atoms with Crippen LogP contribution in [0.1, 0.15) is 58.3 Å². The number of hydrogen-bond donors (Lipinski definition) is 1. The van der Waals surface area contributed by atoms with Crippen LogP contribution in [0.15, 0.2) is 25.3 Å². The molecule has 1 aliphatic carbocycles. The van der Waals surface area contributed by atoms with Crippen molar-refractivity contribution in [2.24, 2.45) is 11.8 Å². The van der Waals surface area contributed by atoms with E-state index in [1.807, 2.05) is 11.8 Å². The highest BCUT2D eigenvalue weighted by atomic mass is 32.2. The Kier molecular flexibility index (Phi) is 7.48. The zero-order chi connectivity index (χ0) is 24.5. The molecule has 4 aliphatic rings. The molecule has 0 radical (unpaired) electrons. The molecular weight excluding hydrogens is 452 g/mol. The van der Waals surface area contributed by atoms with Crippen LogP contribution in [0.3, 0.4) is 0 Å². The molecule has 4 rings (SSSR count). The first-order valence-electron chi connectivity index (χ1n) is 12.6. The second-order valence-corrected chi connectivity index (χ2v) is 12.2. The van der Waals surface area contributed by atoms with Gasteiger partial charge in [0.25, 0.3) is 0 Å². The second kappa shape index (κ2) is 10.1. The number of amides is 2. The lowest BCUT2D eigenvalue weighted by atomic mass is 9.66. The molecule has 0 aromatic carbocycles. The highest BCUT2D eigenvalue weighted by molar-refractivity contribution is 8.02. The van der Waals surface area contributed by atoms with Gasteiger partial charge < -0.3 is 19.6 Å². The van der Waals surface area contributed by atoms with Gasteiger partial charge in [-0.1, -0.05) is 31.4 Å². The number of carbonyl (C=O) groups is 3. The Balaban J connectivity index is 1.69. The maximum absolute atomic E-state index is 14.2. The van der Waals surface area contributed by atoms with Gasteiger partial charge in [-0.15, -0.1) is 24.9 Å². The van der Waals surface area contributed by atoms with Gasteiger partial charge in [-0.05, 0) is 39.0 Å². The van der Waals surface area contributed by atoms with Crippen molar-refractivity contribution in [3.8, 4) is 0 Å². The molecule has 0 aromatic heterocycles. The monoisotopic (exact) mass is 490 g/mol. The van der Waals surface area contributed by atoms with Crippen molar-refractivity contribution in [1.82, 2.24) is 9.80 Å². The van der Waals surface area contributed by atoms with Crippen LogP contribution in [0.2, 0.25) is 0 Å². The van der Waals surface area contributed by atoms with Gasteiger partial charge in [0.05, 0.1) is 29.8 Å². The Morgan fingerprint density at radius 1 is 1.24 bits per heavy atom. The zero-order valence-corrected chi connectivity index (χ0v) is 21.1. The van der Waals surface area contributed by atoms with Crippen molar-refractivity contribution in [2.75, 3.05) is 26.3 Å². The summed E-state index contributed by atoms with van der Waals surface area (Å²) in [4.78, 5) is 44.8. The molecule has 34 heavy (non-hydrogen) atoms. The molecule has 5 atom stereocenters. The van der Waals surface area contributed by atoms with Crippen LogP contribution in [-0.2, 0) is 19.1 Å². The zero-order valence-electron chi connectivity index (χ0n) is 20.2. The van der Waals surface area contributed by atoms with Crippen molar-refractivity contribution in [3.05, 3.63) is 25.3 Å². The Bertz CT molecular complexity index is 843. The number of ether oxygens (including phenoxy) is 1. The summed E-state index contributed by atoms with van der Waals surface area (Å²) in [7, 11) is 0. The molecule has 4 fully saturated rings. The molecule has 3 aliphatic heterocycles. The fraction of sp³-hybridized carbons (Fsp3) is 0.731. The van der Waals surface area contributed by atoms with Crippen LogP contribution >= 0.6 is 11.8 Å². The van der Waals surface area contributed by atoms with E-state index in [1.165, 1.54) is 6.42 Å². The molecule has 1 saturated carbocycles. The predicted octanol–water partition coefficient (Wildman–Crippen LogP) is 2.93. The number of rotatable bonds is 10. The van der Waals surface area contributed by atoms with Crippen molar-refractivity contribution in [3.63, 3.8) is 0 Å². The summed E-state index contributed by atoms with van der Waals surface area (Å²) >= 11 is 1.64. The number of aliphatic hydroxyl groups excluding tert-OH is 1. The number of aliphatic hydroxyl groups is 1. The average Bonchev–Trinajstić information content (AvgIpc) is 3.39. The van der Waals surface area contributed by atoms with E-state index in [0.29, 0.717) is 19.4 Å². The number of hydrogen-bond acceptors (Lipinski definition) is 6. The minimum Gasteiger partial charge on any atom is -0.465 e. The van der Waals surface area contributed by atoms with E-state index in [4.69, 9.17) is 4.74 Å². The number of likely N-dealkylation sites (tertiary alicyclic amines) is 1. The average molecular weight is 491 g/mol. The normalized spacial score (nSPS) is 34.7. The van der Waals surface area contributed by atoms with Crippen LogP contribution in [0.4, 0.5) is 0 Å². The highest BCUT2D eigenvalue weighted by Crippen LogP contribution is 2.71. The van der Waals surface area contributed by atoms with Gasteiger partial charge in [0, 0.05) is 23.9 Å². The van der Waals surface area contributed by atoms with Crippen molar-refractivity contribution in [2.45, 2.75) is 79.9 Å².